The molecule has 0 radical (unpaired) electrons. The first-order valence-electron chi connectivity index (χ1n) is 9.95. The van der Waals surface area contributed by atoms with Gasteiger partial charge >= 0.3 is 0 Å². The molecular weight excluding hydrogens is 397 g/mol. The Bertz CT molecular complexity index is 1350. The van der Waals surface area contributed by atoms with Crippen LogP contribution in [-0.4, -0.2) is 39.0 Å². The molecule has 0 fully saturated rings. The van der Waals surface area contributed by atoms with Crippen LogP contribution in [0.5, 0.6) is 5.75 Å². The average molecular weight is 419 g/mol. The van der Waals surface area contributed by atoms with Gasteiger partial charge in [-0.3, -0.25) is 10.1 Å². The second-order valence-corrected chi connectivity index (χ2v) is 8.31. The molecule has 31 heavy (non-hydrogen) atoms. The molecule has 0 amide bonds. The monoisotopic (exact) mass is 419 g/mol. The molecule has 5 N–H and O–H groups in total. The Labute approximate surface area is 177 Å². The third-order valence-electron chi connectivity index (χ3n) is 5.32. The fourth-order valence-corrected chi connectivity index (χ4v) is 3.96. The third-order valence-corrected chi connectivity index (χ3v) is 5.32. The predicted molar refractivity (Wildman–Crippen MR) is 118 cm³/mol. The standard InChI is InChI=1S/C23H22FN5O2/c1-23(2,30)11-31-18-8-14-19(12-5-6-16(24)21-15(12)9-28-29-21)17(25)10-27-20(14)13-4-3-7-26-22(13)18/h3-9,27,30H,10-11,25H2,1-2H3,(H,28,29). The molecule has 1 aliphatic rings. The SMILES string of the molecule is CC(C)(O)COc1cc2c(c3cccnc13)NCC(N)=C2c1ccc(F)c2[nH]ncc12. The molecule has 0 saturated heterocycles. The lowest BCUT2D eigenvalue weighted by atomic mass is 9.88. The van der Waals surface area contributed by atoms with Gasteiger partial charge in [-0.05, 0) is 43.7 Å². The molecule has 5 rings (SSSR count). The summed E-state index contributed by atoms with van der Waals surface area (Å²) >= 11 is 0. The predicted octanol–water partition coefficient (Wildman–Crippen LogP) is 3.54. The van der Waals surface area contributed by atoms with Crippen LogP contribution in [0, 0.1) is 5.82 Å². The van der Waals surface area contributed by atoms with E-state index in [2.05, 4.69) is 20.5 Å². The summed E-state index contributed by atoms with van der Waals surface area (Å²) in [4.78, 5) is 4.50. The number of hydrogen-bond acceptors (Lipinski definition) is 6. The second kappa shape index (κ2) is 6.95. The van der Waals surface area contributed by atoms with Crippen molar-refractivity contribution >= 4 is 33.1 Å². The molecule has 3 heterocycles. The molecular formula is C23H22FN5O2. The normalized spacial score (nSPS) is 14.1. The molecule has 0 saturated carbocycles. The van der Waals surface area contributed by atoms with Crippen molar-refractivity contribution in [2.45, 2.75) is 19.4 Å². The molecule has 158 valence electrons. The largest absolute Gasteiger partial charge is 0.488 e. The van der Waals surface area contributed by atoms with E-state index in [9.17, 15) is 9.50 Å². The summed E-state index contributed by atoms with van der Waals surface area (Å²) in [6.07, 6.45) is 3.30. The van der Waals surface area contributed by atoms with E-state index >= 15 is 0 Å². The Hall–Kier alpha value is -3.65. The summed E-state index contributed by atoms with van der Waals surface area (Å²) in [7, 11) is 0. The molecule has 4 aromatic rings. The summed E-state index contributed by atoms with van der Waals surface area (Å²) < 4.78 is 20.2. The molecule has 7 nitrogen and oxygen atoms in total. The number of aromatic nitrogens is 3. The van der Waals surface area contributed by atoms with Gasteiger partial charge in [0.25, 0.3) is 0 Å². The molecule has 1 aliphatic heterocycles. The van der Waals surface area contributed by atoms with Crippen LogP contribution in [0.4, 0.5) is 10.1 Å². The number of H-pyrrole nitrogens is 1. The summed E-state index contributed by atoms with van der Waals surface area (Å²) in [6.45, 7) is 3.90. The summed E-state index contributed by atoms with van der Waals surface area (Å²) in [6, 6.07) is 8.82. The van der Waals surface area contributed by atoms with Crippen LogP contribution in [-0.2, 0) is 0 Å². The van der Waals surface area contributed by atoms with Crippen molar-refractivity contribution in [2.75, 3.05) is 18.5 Å². The zero-order chi connectivity index (χ0) is 21.8. The summed E-state index contributed by atoms with van der Waals surface area (Å²) in [5, 5.41) is 21.8. The average Bonchev–Trinajstić information content (AvgIpc) is 3.23. The zero-order valence-electron chi connectivity index (χ0n) is 17.2. The van der Waals surface area contributed by atoms with Gasteiger partial charge in [0.05, 0.1) is 24.0 Å². The number of aromatic amines is 1. The van der Waals surface area contributed by atoms with Crippen LogP contribution in [0.1, 0.15) is 25.0 Å². The molecule has 0 unspecified atom stereocenters. The van der Waals surface area contributed by atoms with Crippen LogP contribution in [0.25, 0.3) is 27.4 Å². The molecule has 2 aromatic heterocycles. The van der Waals surface area contributed by atoms with Crippen molar-refractivity contribution in [3.8, 4) is 5.75 Å². The fraction of sp³-hybridized carbons (Fsp3) is 0.217. The first-order chi connectivity index (χ1) is 14.8. The number of fused-ring (bicyclic) bond motifs is 4. The highest BCUT2D eigenvalue weighted by molar-refractivity contribution is 6.07. The maximum absolute atomic E-state index is 14.3. The first-order valence-corrected chi connectivity index (χ1v) is 9.95. The first kappa shape index (κ1) is 19.3. The highest BCUT2D eigenvalue weighted by Gasteiger charge is 2.26. The molecule has 0 aliphatic carbocycles. The molecule has 8 heteroatoms. The van der Waals surface area contributed by atoms with Crippen molar-refractivity contribution in [1.82, 2.24) is 15.2 Å². The van der Waals surface area contributed by atoms with E-state index in [1.165, 1.54) is 6.07 Å². The number of pyridine rings is 1. The van der Waals surface area contributed by atoms with E-state index in [0.717, 1.165) is 27.8 Å². The topological polar surface area (TPSA) is 109 Å². The highest BCUT2D eigenvalue weighted by Crippen LogP contribution is 2.43. The smallest absolute Gasteiger partial charge is 0.148 e. The number of benzene rings is 2. The number of nitrogens with two attached hydrogens (primary N) is 1. The van der Waals surface area contributed by atoms with E-state index in [0.29, 0.717) is 34.4 Å². The maximum atomic E-state index is 14.3. The fourth-order valence-electron chi connectivity index (χ4n) is 3.96. The minimum absolute atomic E-state index is 0.0992. The molecule has 0 atom stereocenters. The van der Waals surface area contributed by atoms with Crippen LogP contribution in [0.3, 0.4) is 0 Å². The minimum Gasteiger partial charge on any atom is -0.488 e. The quantitative estimate of drug-likeness (QED) is 0.403. The lowest BCUT2D eigenvalue weighted by molar-refractivity contribution is 0.0290. The van der Waals surface area contributed by atoms with Gasteiger partial charge in [0, 0.05) is 33.8 Å². The molecule has 2 aromatic carbocycles. The lowest BCUT2D eigenvalue weighted by Gasteiger charge is -2.26. The zero-order valence-corrected chi connectivity index (χ0v) is 17.2. The van der Waals surface area contributed by atoms with Crippen molar-refractivity contribution in [3.63, 3.8) is 0 Å². The lowest BCUT2D eigenvalue weighted by Crippen LogP contribution is -2.28. The number of nitrogens with one attached hydrogen (secondary N) is 2. The van der Waals surface area contributed by atoms with Crippen molar-refractivity contribution in [1.29, 1.82) is 0 Å². The summed E-state index contributed by atoms with van der Waals surface area (Å²) in [5.41, 5.74) is 10.4. The Kier molecular flexibility index (Phi) is 4.33. The van der Waals surface area contributed by atoms with Gasteiger partial charge in [-0.1, -0.05) is 6.07 Å². The Balaban J connectivity index is 1.76. The van der Waals surface area contributed by atoms with Crippen LogP contribution >= 0.6 is 0 Å². The van der Waals surface area contributed by atoms with E-state index in [4.69, 9.17) is 10.5 Å². The van der Waals surface area contributed by atoms with E-state index in [-0.39, 0.29) is 12.4 Å². The van der Waals surface area contributed by atoms with E-state index in [1.54, 1.807) is 32.3 Å². The number of ether oxygens (including phenoxy) is 1. The second-order valence-electron chi connectivity index (χ2n) is 8.31. The van der Waals surface area contributed by atoms with Gasteiger partial charge in [0.15, 0.2) is 0 Å². The number of nitrogens with zero attached hydrogens (tertiary/aromatic N) is 2. The van der Waals surface area contributed by atoms with Gasteiger partial charge in [0.2, 0.25) is 0 Å². The van der Waals surface area contributed by atoms with Gasteiger partial charge in [-0.15, -0.1) is 0 Å². The van der Waals surface area contributed by atoms with E-state index in [1.807, 2.05) is 18.2 Å². The van der Waals surface area contributed by atoms with Crippen LogP contribution in [0.2, 0.25) is 0 Å². The number of rotatable bonds is 4. The summed E-state index contributed by atoms with van der Waals surface area (Å²) in [5.74, 6) is 0.164. The Morgan fingerprint density at radius 3 is 2.87 bits per heavy atom. The minimum atomic E-state index is -1.01. The maximum Gasteiger partial charge on any atom is 0.148 e. The third kappa shape index (κ3) is 3.25. The van der Waals surface area contributed by atoms with E-state index < -0.39 is 5.60 Å². The Morgan fingerprint density at radius 2 is 2.06 bits per heavy atom. The molecule has 0 spiro atoms. The number of hydrogen-bond donors (Lipinski definition) is 4. The van der Waals surface area contributed by atoms with Gasteiger partial charge in [-0.2, -0.15) is 5.10 Å². The number of aliphatic hydroxyl groups is 1. The van der Waals surface area contributed by atoms with Gasteiger partial charge in [-0.25, -0.2) is 4.39 Å². The van der Waals surface area contributed by atoms with Crippen molar-refractivity contribution in [3.05, 3.63) is 65.4 Å². The molecule has 0 bridgehead atoms. The van der Waals surface area contributed by atoms with Gasteiger partial charge < -0.3 is 20.9 Å². The number of halogens is 1. The van der Waals surface area contributed by atoms with Crippen LogP contribution < -0.4 is 15.8 Å². The Morgan fingerprint density at radius 1 is 1.23 bits per heavy atom. The number of anilines is 1. The van der Waals surface area contributed by atoms with Gasteiger partial charge in [0.1, 0.15) is 29.2 Å². The van der Waals surface area contributed by atoms with Crippen molar-refractivity contribution in [2.24, 2.45) is 5.73 Å². The van der Waals surface area contributed by atoms with Crippen molar-refractivity contribution < 1.29 is 14.2 Å². The highest BCUT2D eigenvalue weighted by atomic mass is 19.1. The van der Waals surface area contributed by atoms with Crippen LogP contribution in [0.15, 0.2) is 48.4 Å².